The van der Waals surface area contributed by atoms with Gasteiger partial charge >= 0.3 is 0 Å². The van der Waals surface area contributed by atoms with E-state index in [1.807, 2.05) is 18.0 Å². The van der Waals surface area contributed by atoms with Crippen molar-refractivity contribution in [1.82, 2.24) is 9.97 Å². The summed E-state index contributed by atoms with van der Waals surface area (Å²) in [6.45, 7) is 3.08. The van der Waals surface area contributed by atoms with E-state index in [0.717, 1.165) is 17.5 Å². The monoisotopic (exact) mass is 265 g/mol. The molecule has 1 fully saturated rings. The average molecular weight is 265 g/mol. The van der Waals surface area contributed by atoms with Crippen LogP contribution in [-0.2, 0) is 0 Å². The fraction of sp³-hybridized carbons (Fsp3) is 0.714. The molecule has 0 radical (unpaired) electrons. The summed E-state index contributed by atoms with van der Waals surface area (Å²) in [6.07, 6.45) is 11.9. The zero-order valence-electron chi connectivity index (χ0n) is 11.1. The molecule has 3 atom stereocenters. The first-order valence-corrected chi connectivity index (χ1v) is 7.84. The van der Waals surface area contributed by atoms with Crippen LogP contribution in [-0.4, -0.2) is 21.8 Å². The van der Waals surface area contributed by atoms with E-state index in [-0.39, 0.29) is 0 Å². The Balaban J connectivity index is 1.98. The predicted molar refractivity (Wildman–Crippen MR) is 76.5 cm³/mol. The molecule has 3 unspecified atom stereocenters. The Morgan fingerprint density at radius 2 is 2.28 bits per heavy atom. The minimum atomic E-state index is 0.622. The Morgan fingerprint density at radius 3 is 2.94 bits per heavy atom. The van der Waals surface area contributed by atoms with E-state index in [0.29, 0.717) is 11.2 Å². The molecule has 1 heterocycles. The van der Waals surface area contributed by atoms with Gasteiger partial charge in [-0.25, -0.2) is 4.98 Å². The maximum atomic E-state index is 5.92. The first-order chi connectivity index (χ1) is 8.83. The summed E-state index contributed by atoms with van der Waals surface area (Å²) < 4.78 is 0. The van der Waals surface area contributed by atoms with Gasteiger partial charge in [-0.3, -0.25) is 4.98 Å². The lowest BCUT2D eigenvalue weighted by Crippen LogP contribution is -2.32. The van der Waals surface area contributed by atoms with Crippen LogP contribution in [0.4, 0.5) is 0 Å². The molecule has 1 aliphatic carbocycles. The first kappa shape index (κ1) is 13.8. The van der Waals surface area contributed by atoms with Crippen molar-refractivity contribution in [2.75, 3.05) is 6.54 Å². The van der Waals surface area contributed by atoms with Crippen molar-refractivity contribution < 1.29 is 0 Å². The number of thioether (sulfide) groups is 1. The highest BCUT2D eigenvalue weighted by Crippen LogP contribution is 2.40. The Bertz CT molecular complexity index is 344. The number of nitrogens with two attached hydrogens (primary N) is 1. The van der Waals surface area contributed by atoms with E-state index in [1.54, 1.807) is 12.4 Å². The number of nitrogens with zero attached hydrogens (tertiary/aromatic N) is 2. The van der Waals surface area contributed by atoms with Gasteiger partial charge < -0.3 is 5.73 Å². The van der Waals surface area contributed by atoms with Crippen molar-refractivity contribution >= 4 is 11.8 Å². The molecule has 2 N–H and O–H groups in total. The van der Waals surface area contributed by atoms with E-state index in [4.69, 9.17) is 5.73 Å². The van der Waals surface area contributed by atoms with Gasteiger partial charge in [-0.1, -0.05) is 26.2 Å². The molecule has 4 heteroatoms. The highest BCUT2D eigenvalue weighted by atomic mass is 32.2. The molecule has 2 rings (SSSR count). The third-order valence-electron chi connectivity index (χ3n) is 3.85. The van der Waals surface area contributed by atoms with Crippen molar-refractivity contribution in [1.29, 1.82) is 0 Å². The van der Waals surface area contributed by atoms with Crippen molar-refractivity contribution in [2.24, 2.45) is 17.6 Å². The zero-order chi connectivity index (χ0) is 12.8. The molecule has 0 amide bonds. The smallest absolute Gasteiger partial charge is 0.115 e. The van der Waals surface area contributed by atoms with Crippen molar-refractivity contribution in [2.45, 2.75) is 49.3 Å². The molecule has 1 aromatic heterocycles. The maximum Gasteiger partial charge on any atom is 0.115 e. The number of rotatable bonds is 5. The van der Waals surface area contributed by atoms with Gasteiger partial charge in [0, 0.05) is 17.6 Å². The third-order valence-corrected chi connectivity index (χ3v) is 5.18. The molecule has 18 heavy (non-hydrogen) atoms. The van der Waals surface area contributed by atoms with E-state index < -0.39 is 0 Å². The molecule has 0 aromatic carbocycles. The van der Waals surface area contributed by atoms with E-state index in [9.17, 15) is 0 Å². The lowest BCUT2D eigenvalue weighted by atomic mass is 9.80. The third kappa shape index (κ3) is 3.69. The van der Waals surface area contributed by atoms with E-state index in [2.05, 4.69) is 16.9 Å². The number of aromatic nitrogens is 2. The highest BCUT2D eigenvalue weighted by Gasteiger charge is 2.30. The SMILES string of the molecule is CCCC1CCC(CN)C(Sc2cnccn2)C1. The largest absolute Gasteiger partial charge is 0.330 e. The fourth-order valence-electron chi connectivity index (χ4n) is 2.86. The highest BCUT2D eigenvalue weighted by molar-refractivity contribution is 7.99. The Hall–Kier alpha value is -0.610. The standard InChI is InChI=1S/C14H23N3S/c1-2-3-11-4-5-12(9-15)13(8-11)18-14-10-16-6-7-17-14/h6-7,10-13H,2-5,8-9,15H2,1H3. The summed E-state index contributed by atoms with van der Waals surface area (Å²) in [5, 5.41) is 1.66. The van der Waals surface area contributed by atoms with Crippen LogP contribution < -0.4 is 5.73 Å². The zero-order valence-corrected chi connectivity index (χ0v) is 11.9. The minimum absolute atomic E-state index is 0.622. The molecule has 0 spiro atoms. The molecular formula is C14H23N3S. The van der Waals surface area contributed by atoms with Crippen LogP contribution in [0.5, 0.6) is 0 Å². The van der Waals surface area contributed by atoms with Crippen molar-refractivity contribution in [3.8, 4) is 0 Å². The van der Waals surface area contributed by atoms with Gasteiger partial charge in [0.25, 0.3) is 0 Å². The van der Waals surface area contributed by atoms with Crippen LogP contribution in [0, 0.1) is 11.8 Å². The lowest BCUT2D eigenvalue weighted by molar-refractivity contribution is 0.276. The summed E-state index contributed by atoms with van der Waals surface area (Å²) in [6, 6.07) is 0. The second kappa shape index (κ2) is 7.10. The van der Waals surface area contributed by atoms with Gasteiger partial charge in [0.05, 0.1) is 6.20 Å². The molecule has 0 bridgehead atoms. The second-order valence-electron chi connectivity index (χ2n) is 5.16. The molecule has 3 nitrogen and oxygen atoms in total. The first-order valence-electron chi connectivity index (χ1n) is 6.96. The van der Waals surface area contributed by atoms with Crippen LogP contribution in [0.2, 0.25) is 0 Å². The molecule has 1 aliphatic rings. The Kier molecular flexibility index (Phi) is 5.45. The average Bonchev–Trinajstić information content (AvgIpc) is 2.41. The molecule has 1 saturated carbocycles. The van der Waals surface area contributed by atoms with Gasteiger partial charge in [0.2, 0.25) is 0 Å². The van der Waals surface area contributed by atoms with Crippen LogP contribution >= 0.6 is 11.8 Å². The quantitative estimate of drug-likeness (QED) is 0.888. The predicted octanol–water partition coefficient (Wildman–Crippen LogP) is 3.11. The lowest BCUT2D eigenvalue weighted by Gasteiger charge is -2.35. The minimum Gasteiger partial charge on any atom is -0.330 e. The summed E-state index contributed by atoms with van der Waals surface area (Å²) in [5.74, 6) is 1.53. The van der Waals surface area contributed by atoms with E-state index >= 15 is 0 Å². The van der Waals surface area contributed by atoms with Crippen LogP contribution in [0.25, 0.3) is 0 Å². The number of hydrogen-bond donors (Lipinski definition) is 1. The fourth-order valence-corrected chi connectivity index (χ4v) is 4.22. The summed E-state index contributed by atoms with van der Waals surface area (Å²) in [7, 11) is 0. The summed E-state index contributed by atoms with van der Waals surface area (Å²) in [4.78, 5) is 8.51. The van der Waals surface area contributed by atoms with Crippen molar-refractivity contribution in [3.63, 3.8) is 0 Å². The summed E-state index contributed by atoms with van der Waals surface area (Å²) in [5.41, 5.74) is 5.92. The Morgan fingerprint density at radius 1 is 1.39 bits per heavy atom. The second-order valence-corrected chi connectivity index (χ2v) is 6.42. The molecule has 0 saturated heterocycles. The molecular weight excluding hydrogens is 242 g/mol. The molecule has 100 valence electrons. The van der Waals surface area contributed by atoms with Gasteiger partial charge in [-0.2, -0.15) is 0 Å². The topological polar surface area (TPSA) is 51.8 Å². The van der Waals surface area contributed by atoms with Gasteiger partial charge in [0.1, 0.15) is 5.03 Å². The van der Waals surface area contributed by atoms with Crippen LogP contribution in [0.15, 0.2) is 23.6 Å². The van der Waals surface area contributed by atoms with Gasteiger partial charge in [-0.05, 0) is 31.2 Å². The van der Waals surface area contributed by atoms with Gasteiger partial charge in [-0.15, -0.1) is 11.8 Å². The molecule has 1 aromatic rings. The van der Waals surface area contributed by atoms with E-state index in [1.165, 1.54) is 32.1 Å². The number of hydrogen-bond acceptors (Lipinski definition) is 4. The normalized spacial score (nSPS) is 28.2. The maximum absolute atomic E-state index is 5.92. The Labute approximate surface area is 114 Å². The molecule has 0 aliphatic heterocycles. The summed E-state index contributed by atoms with van der Waals surface area (Å²) >= 11 is 1.87. The van der Waals surface area contributed by atoms with Crippen LogP contribution in [0.3, 0.4) is 0 Å². The van der Waals surface area contributed by atoms with Gasteiger partial charge in [0.15, 0.2) is 0 Å². The van der Waals surface area contributed by atoms with Crippen molar-refractivity contribution in [3.05, 3.63) is 18.6 Å². The van der Waals surface area contributed by atoms with Crippen LogP contribution in [0.1, 0.15) is 39.0 Å².